The fourth-order valence-electron chi connectivity index (χ4n) is 2.54. The van der Waals surface area contributed by atoms with Gasteiger partial charge in [-0.1, -0.05) is 6.07 Å². The van der Waals surface area contributed by atoms with E-state index in [1.807, 2.05) is 6.07 Å². The Morgan fingerprint density at radius 3 is 2.83 bits per heavy atom. The van der Waals surface area contributed by atoms with Crippen LogP contribution in [0.15, 0.2) is 24.3 Å². The highest BCUT2D eigenvalue weighted by molar-refractivity contribution is 5.92. The van der Waals surface area contributed by atoms with Crippen molar-refractivity contribution in [2.24, 2.45) is 5.73 Å². The Labute approximate surface area is 133 Å². The number of nitrogens with two attached hydrogens (primary N) is 1. The molecule has 1 aromatic rings. The summed E-state index contributed by atoms with van der Waals surface area (Å²) >= 11 is 0. The van der Waals surface area contributed by atoms with Crippen molar-refractivity contribution in [3.63, 3.8) is 0 Å². The van der Waals surface area contributed by atoms with Crippen LogP contribution in [0.3, 0.4) is 0 Å². The van der Waals surface area contributed by atoms with Gasteiger partial charge in [0.25, 0.3) is 5.91 Å². The SMILES string of the molecule is N#Cc1cccc(C(=O)OCC(=O)N2CCCC[C@H]2C(N)=O)c1. The number of esters is 1. The van der Waals surface area contributed by atoms with E-state index in [-0.39, 0.29) is 5.56 Å². The first-order chi connectivity index (χ1) is 11.0. The number of likely N-dealkylation sites (tertiary alicyclic amines) is 1. The Morgan fingerprint density at radius 1 is 1.35 bits per heavy atom. The Hall–Kier alpha value is -2.88. The van der Waals surface area contributed by atoms with Crippen molar-refractivity contribution in [2.45, 2.75) is 25.3 Å². The number of carbonyl (C=O) groups is 3. The lowest BCUT2D eigenvalue weighted by atomic mass is 10.0. The summed E-state index contributed by atoms with van der Waals surface area (Å²) in [5, 5.41) is 8.81. The molecule has 0 aliphatic carbocycles. The zero-order valence-corrected chi connectivity index (χ0v) is 12.5. The highest BCUT2D eigenvalue weighted by Gasteiger charge is 2.31. The molecule has 120 valence electrons. The number of amides is 2. The maximum Gasteiger partial charge on any atom is 0.338 e. The zero-order chi connectivity index (χ0) is 16.8. The molecule has 1 atom stereocenters. The molecule has 0 saturated carbocycles. The number of piperidine rings is 1. The molecule has 0 radical (unpaired) electrons. The standard InChI is InChI=1S/C16H17N3O4/c17-9-11-4-3-5-12(8-11)16(22)23-10-14(20)19-7-2-1-6-13(19)15(18)21/h3-5,8,13H,1-2,6-7,10H2,(H2,18,21)/t13-/m0/s1. The molecule has 1 heterocycles. The minimum atomic E-state index is -0.692. The molecule has 7 nitrogen and oxygen atoms in total. The molecule has 2 rings (SSSR count). The molecule has 23 heavy (non-hydrogen) atoms. The summed E-state index contributed by atoms with van der Waals surface area (Å²) in [7, 11) is 0. The van der Waals surface area contributed by atoms with Gasteiger partial charge in [-0.15, -0.1) is 0 Å². The van der Waals surface area contributed by atoms with Crippen LogP contribution in [0.2, 0.25) is 0 Å². The van der Waals surface area contributed by atoms with Crippen LogP contribution in [0.25, 0.3) is 0 Å². The van der Waals surface area contributed by atoms with Gasteiger partial charge < -0.3 is 15.4 Å². The Kier molecular flexibility index (Phi) is 5.31. The number of hydrogen-bond donors (Lipinski definition) is 1. The maximum atomic E-state index is 12.2. The second-order valence-corrected chi connectivity index (χ2v) is 5.27. The summed E-state index contributed by atoms with van der Waals surface area (Å²) in [6, 6.07) is 7.29. The summed E-state index contributed by atoms with van der Waals surface area (Å²) < 4.78 is 4.98. The Morgan fingerprint density at radius 2 is 2.13 bits per heavy atom. The lowest BCUT2D eigenvalue weighted by Gasteiger charge is -2.33. The lowest BCUT2D eigenvalue weighted by molar-refractivity contribution is -0.143. The molecular weight excluding hydrogens is 298 g/mol. The van der Waals surface area contributed by atoms with Crippen LogP contribution in [-0.2, 0) is 14.3 Å². The first-order valence-electron chi connectivity index (χ1n) is 7.29. The molecule has 7 heteroatoms. The van der Waals surface area contributed by atoms with Crippen LogP contribution < -0.4 is 5.73 Å². The van der Waals surface area contributed by atoms with E-state index in [2.05, 4.69) is 0 Å². The van der Waals surface area contributed by atoms with Crippen molar-refractivity contribution in [2.75, 3.05) is 13.2 Å². The number of benzene rings is 1. The summed E-state index contributed by atoms with van der Waals surface area (Å²) in [5.41, 5.74) is 5.83. The summed E-state index contributed by atoms with van der Waals surface area (Å²) in [5.74, 6) is -1.69. The largest absolute Gasteiger partial charge is 0.452 e. The van der Waals surface area contributed by atoms with E-state index in [9.17, 15) is 14.4 Å². The zero-order valence-electron chi connectivity index (χ0n) is 12.5. The number of nitriles is 1. The number of ether oxygens (including phenoxy) is 1. The predicted octanol–water partition coefficient (Wildman–Crippen LogP) is 0.581. The lowest BCUT2D eigenvalue weighted by Crippen LogP contribution is -2.51. The average Bonchev–Trinajstić information content (AvgIpc) is 2.59. The van der Waals surface area contributed by atoms with Crippen LogP contribution in [0.5, 0.6) is 0 Å². The minimum Gasteiger partial charge on any atom is -0.452 e. The van der Waals surface area contributed by atoms with Gasteiger partial charge in [0, 0.05) is 6.54 Å². The van der Waals surface area contributed by atoms with Gasteiger partial charge in [0.05, 0.1) is 17.2 Å². The number of nitrogens with zero attached hydrogens (tertiary/aromatic N) is 2. The van der Waals surface area contributed by atoms with Gasteiger partial charge in [0.15, 0.2) is 6.61 Å². The predicted molar refractivity (Wildman–Crippen MR) is 80.0 cm³/mol. The quantitative estimate of drug-likeness (QED) is 0.816. The number of rotatable bonds is 4. The fraction of sp³-hybridized carbons (Fsp3) is 0.375. The highest BCUT2D eigenvalue weighted by atomic mass is 16.5. The van der Waals surface area contributed by atoms with Gasteiger partial charge in [0.1, 0.15) is 6.04 Å². The Bertz CT molecular complexity index is 666. The van der Waals surface area contributed by atoms with E-state index in [1.54, 1.807) is 12.1 Å². The van der Waals surface area contributed by atoms with Crippen molar-refractivity contribution in [3.8, 4) is 6.07 Å². The fourth-order valence-corrected chi connectivity index (χ4v) is 2.54. The van der Waals surface area contributed by atoms with Crippen molar-refractivity contribution in [3.05, 3.63) is 35.4 Å². The first kappa shape index (κ1) is 16.5. The molecule has 1 aliphatic rings. The molecule has 0 aromatic heterocycles. The molecule has 1 aliphatic heterocycles. The normalized spacial score (nSPS) is 17.2. The van der Waals surface area contributed by atoms with Gasteiger partial charge in [-0.2, -0.15) is 5.26 Å². The second-order valence-electron chi connectivity index (χ2n) is 5.27. The van der Waals surface area contributed by atoms with Gasteiger partial charge in [-0.25, -0.2) is 4.79 Å². The average molecular weight is 315 g/mol. The molecule has 2 amide bonds. The third kappa shape index (κ3) is 4.07. The molecular formula is C16H17N3O4. The van der Waals surface area contributed by atoms with Crippen molar-refractivity contribution >= 4 is 17.8 Å². The number of carbonyl (C=O) groups excluding carboxylic acids is 3. The third-order valence-electron chi connectivity index (χ3n) is 3.71. The van der Waals surface area contributed by atoms with Crippen LogP contribution in [-0.4, -0.2) is 41.9 Å². The third-order valence-corrected chi connectivity index (χ3v) is 3.71. The van der Waals surface area contributed by atoms with Gasteiger partial charge in [-0.3, -0.25) is 9.59 Å². The van der Waals surface area contributed by atoms with E-state index in [0.717, 1.165) is 12.8 Å². The summed E-state index contributed by atoms with van der Waals surface area (Å²) in [4.78, 5) is 36.8. The van der Waals surface area contributed by atoms with Crippen LogP contribution in [0.1, 0.15) is 35.2 Å². The molecule has 1 aromatic carbocycles. The smallest absolute Gasteiger partial charge is 0.338 e. The number of hydrogen-bond acceptors (Lipinski definition) is 5. The van der Waals surface area contributed by atoms with E-state index in [1.165, 1.54) is 17.0 Å². The van der Waals surface area contributed by atoms with E-state index in [4.69, 9.17) is 15.7 Å². The maximum absolute atomic E-state index is 12.2. The van der Waals surface area contributed by atoms with Crippen molar-refractivity contribution in [1.82, 2.24) is 4.90 Å². The van der Waals surface area contributed by atoms with Gasteiger partial charge in [0.2, 0.25) is 5.91 Å². The van der Waals surface area contributed by atoms with Crippen molar-refractivity contribution < 1.29 is 19.1 Å². The van der Waals surface area contributed by atoms with Crippen LogP contribution in [0.4, 0.5) is 0 Å². The number of primary amides is 1. The molecule has 1 saturated heterocycles. The van der Waals surface area contributed by atoms with Gasteiger partial charge >= 0.3 is 5.97 Å². The van der Waals surface area contributed by atoms with E-state index >= 15 is 0 Å². The summed E-state index contributed by atoms with van der Waals surface area (Å²) in [6.45, 7) is -0.0344. The second kappa shape index (κ2) is 7.40. The molecule has 1 fully saturated rings. The van der Waals surface area contributed by atoms with E-state index in [0.29, 0.717) is 18.5 Å². The van der Waals surface area contributed by atoms with Crippen LogP contribution in [0, 0.1) is 11.3 Å². The molecule has 0 unspecified atom stereocenters. The minimum absolute atomic E-state index is 0.196. The van der Waals surface area contributed by atoms with Gasteiger partial charge in [-0.05, 0) is 37.5 Å². The topological polar surface area (TPSA) is 113 Å². The first-order valence-corrected chi connectivity index (χ1v) is 7.29. The molecule has 0 bridgehead atoms. The molecule has 0 spiro atoms. The van der Waals surface area contributed by atoms with E-state index < -0.39 is 30.4 Å². The van der Waals surface area contributed by atoms with Crippen molar-refractivity contribution in [1.29, 1.82) is 5.26 Å². The summed E-state index contributed by atoms with van der Waals surface area (Å²) in [6.07, 6.45) is 2.14. The monoisotopic (exact) mass is 315 g/mol. The highest BCUT2D eigenvalue weighted by Crippen LogP contribution is 2.17. The van der Waals surface area contributed by atoms with Crippen LogP contribution >= 0.6 is 0 Å². The molecule has 2 N–H and O–H groups in total. The Balaban J connectivity index is 1.96.